The summed E-state index contributed by atoms with van der Waals surface area (Å²) in [5.74, 6) is 0. The fourth-order valence-electron chi connectivity index (χ4n) is 2.03. The van der Waals surface area contributed by atoms with E-state index in [9.17, 15) is 4.79 Å². The molecule has 2 rings (SSSR count). The maximum atomic E-state index is 12.3. The van der Waals surface area contributed by atoms with Crippen molar-refractivity contribution in [2.75, 3.05) is 0 Å². The van der Waals surface area contributed by atoms with Gasteiger partial charge in [0, 0.05) is 0 Å². The van der Waals surface area contributed by atoms with Gasteiger partial charge in [0.25, 0.3) is 0 Å². The van der Waals surface area contributed by atoms with E-state index in [2.05, 4.69) is 27.5 Å². The molecule has 0 atom stereocenters. The lowest BCUT2D eigenvalue weighted by Crippen LogP contribution is -2.26. The summed E-state index contributed by atoms with van der Waals surface area (Å²) in [4.78, 5) is 12.3. The lowest BCUT2D eigenvalue weighted by atomic mass is 10.1. The van der Waals surface area contributed by atoms with Crippen LogP contribution in [0.1, 0.15) is 44.0 Å². The van der Waals surface area contributed by atoms with E-state index in [1.54, 1.807) is 0 Å². The molecule has 10 heteroatoms. The fourth-order valence-corrected chi connectivity index (χ4v) is 2.59. The molecule has 7 nitrogen and oxygen atoms in total. The summed E-state index contributed by atoms with van der Waals surface area (Å²) in [7, 11) is 0. The zero-order valence-electron chi connectivity index (χ0n) is 11.9. The Morgan fingerprint density at radius 3 is 2.59 bits per heavy atom. The summed E-state index contributed by atoms with van der Waals surface area (Å²) in [6.45, 7) is 2.12. The van der Waals surface area contributed by atoms with Crippen molar-refractivity contribution < 1.29 is 4.79 Å². The highest BCUT2D eigenvalue weighted by Crippen LogP contribution is 2.39. The van der Waals surface area contributed by atoms with Gasteiger partial charge < -0.3 is 0 Å². The van der Waals surface area contributed by atoms with Crippen LogP contribution in [-0.4, -0.2) is 36.0 Å². The minimum absolute atomic E-state index is 0.148. The number of aromatic nitrogens is 6. The maximum Gasteiger partial charge on any atom is 0.372 e. The first kappa shape index (κ1) is 17.2. The molecule has 2 aromatic rings. The highest BCUT2D eigenvalue weighted by Gasteiger charge is 2.35. The first-order valence-corrected chi connectivity index (χ1v) is 8.01. The Morgan fingerprint density at radius 2 is 2.00 bits per heavy atom. The molecule has 0 N–H and O–H groups in total. The van der Waals surface area contributed by atoms with E-state index in [1.165, 1.54) is 12.4 Å². The largest absolute Gasteiger partial charge is 0.372 e. The van der Waals surface area contributed by atoms with Gasteiger partial charge in [0.05, 0.1) is 18.1 Å². The van der Waals surface area contributed by atoms with Gasteiger partial charge in [0.2, 0.25) is 3.79 Å². The van der Waals surface area contributed by atoms with Crippen LogP contribution < -0.4 is 0 Å². The molecule has 0 radical (unpaired) electrons. The smallest absolute Gasteiger partial charge is 0.243 e. The molecular formula is C12H15Cl3N6O. The summed E-state index contributed by atoms with van der Waals surface area (Å²) in [6.07, 6.45) is 7.51. The molecule has 0 saturated carbocycles. The molecule has 0 saturated heterocycles. The topological polar surface area (TPSA) is 78.5 Å². The highest BCUT2D eigenvalue weighted by molar-refractivity contribution is 6.66. The van der Waals surface area contributed by atoms with E-state index in [-0.39, 0.29) is 5.69 Å². The molecule has 2 heterocycles. The van der Waals surface area contributed by atoms with Gasteiger partial charge in [-0.2, -0.15) is 9.36 Å². The third-order valence-electron chi connectivity index (χ3n) is 3.08. The predicted molar refractivity (Wildman–Crippen MR) is 83.3 cm³/mol. The molecule has 0 fully saturated rings. The van der Waals surface area contributed by atoms with Crippen LogP contribution in [0.5, 0.6) is 0 Å². The van der Waals surface area contributed by atoms with E-state index in [4.69, 9.17) is 34.8 Å². The second kappa shape index (κ2) is 7.39. The van der Waals surface area contributed by atoms with Crippen LogP contribution in [0.4, 0.5) is 4.79 Å². The van der Waals surface area contributed by atoms with Gasteiger partial charge in [-0.1, -0.05) is 71.4 Å². The number of hydrogen-bond donors (Lipinski definition) is 0. The van der Waals surface area contributed by atoms with E-state index in [0.29, 0.717) is 12.1 Å². The van der Waals surface area contributed by atoms with Crippen LogP contribution in [0.15, 0.2) is 12.4 Å². The van der Waals surface area contributed by atoms with E-state index in [1.807, 2.05) is 0 Å². The average molecular weight is 366 g/mol. The van der Waals surface area contributed by atoms with Gasteiger partial charge in [0.1, 0.15) is 5.69 Å². The number of halogens is 3. The van der Waals surface area contributed by atoms with Crippen molar-refractivity contribution in [1.29, 1.82) is 0 Å². The zero-order valence-corrected chi connectivity index (χ0v) is 14.2. The number of nitrogens with zero attached hydrogens (tertiary/aromatic N) is 6. The van der Waals surface area contributed by atoms with Crippen LogP contribution in [0, 0.1) is 0 Å². The predicted octanol–water partition coefficient (Wildman–Crippen LogP) is 3.34. The van der Waals surface area contributed by atoms with Crippen molar-refractivity contribution >= 4 is 40.8 Å². The SMILES string of the molecule is CCCCCCc1nnn(C(=O)n2ccnn2)c1C(Cl)(Cl)Cl. The summed E-state index contributed by atoms with van der Waals surface area (Å²) in [5, 5.41) is 15.0. The molecule has 0 spiro atoms. The summed E-state index contributed by atoms with van der Waals surface area (Å²) >= 11 is 18.0. The first-order valence-electron chi connectivity index (χ1n) is 6.88. The summed E-state index contributed by atoms with van der Waals surface area (Å²) in [6, 6.07) is -0.605. The minimum atomic E-state index is -1.81. The maximum absolute atomic E-state index is 12.3. The standard InChI is InChI=1S/C12H15Cl3N6O/c1-2-3-4-5-6-9-10(12(13,14)15)21(19-17-9)11(22)20-8-7-16-18-20/h7-8H,2-6H2,1H3. The number of hydrogen-bond acceptors (Lipinski definition) is 5. The van der Waals surface area contributed by atoms with E-state index < -0.39 is 9.82 Å². The molecule has 0 aliphatic rings. The van der Waals surface area contributed by atoms with Gasteiger partial charge in [0.15, 0.2) is 0 Å². The third-order valence-corrected chi connectivity index (χ3v) is 3.61. The van der Waals surface area contributed by atoms with Crippen LogP contribution in [0.3, 0.4) is 0 Å². The van der Waals surface area contributed by atoms with Crippen LogP contribution >= 0.6 is 34.8 Å². The van der Waals surface area contributed by atoms with Crippen molar-refractivity contribution in [2.45, 2.75) is 42.8 Å². The average Bonchev–Trinajstić information content (AvgIpc) is 3.11. The minimum Gasteiger partial charge on any atom is -0.243 e. The Bertz CT molecular complexity index is 619. The Morgan fingerprint density at radius 1 is 1.23 bits per heavy atom. The first-order chi connectivity index (χ1) is 10.4. The van der Waals surface area contributed by atoms with Crippen LogP contribution in [-0.2, 0) is 10.2 Å². The Hall–Kier alpha value is -1.18. The molecule has 0 aliphatic carbocycles. The highest BCUT2D eigenvalue weighted by atomic mass is 35.6. The Labute approximate surface area is 142 Å². The molecule has 0 aromatic carbocycles. The van der Waals surface area contributed by atoms with E-state index in [0.717, 1.165) is 35.0 Å². The molecular weight excluding hydrogens is 351 g/mol. The summed E-state index contributed by atoms with van der Waals surface area (Å²) in [5.41, 5.74) is 0.652. The Kier molecular flexibility index (Phi) is 5.77. The van der Waals surface area contributed by atoms with Crippen LogP contribution in [0.25, 0.3) is 0 Å². The molecule has 22 heavy (non-hydrogen) atoms. The fraction of sp³-hybridized carbons (Fsp3) is 0.583. The zero-order chi connectivity index (χ0) is 16.2. The quantitative estimate of drug-likeness (QED) is 0.600. The molecule has 2 aromatic heterocycles. The molecule has 0 bridgehead atoms. The monoisotopic (exact) mass is 364 g/mol. The number of alkyl halides is 3. The summed E-state index contributed by atoms with van der Waals surface area (Å²) < 4.78 is 0.145. The number of carbonyl (C=O) groups excluding carboxylic acids is 1. The lowest BCUT2D eigenvalue weighted by Gasteiger charge is -2.13. The van der Waals surface area contributed by atoms with Gasteiger partial charge >= 0.3 is 6.03 Å². The second-order valence-corrected chi connectivity index (χ2v) is 7.02. The lowest BCUT2D eigenvalue weighted by molar-refractivity contribution is 0.236. The van der Waals surface area contributed by atoms with Crippen molar-refractivity contribution in [2.24, 2.45) is 0 Å². The number of rotatable bonds is 5. The van der Waals surface area contributed by atoms with Crippen molar-refractivity contribution in [1.82, 2.24) is 30.0 Å². The van der Waals surface area contributed by atoms with E-state index >= 15 is 0 Å². The van der Waals surface area contributed by atoms with Gasteiger partial charge in [-0.25, -0.2) is 4.79 Å². The molecule has 0 aliphatic heterocycles. The van der Waals surface area contributed by atoms with Gasteiger partial charge in [-0.3, -0.25) is 0 Å². The molecule has 0 unspecified atom stereocenters. The van der Waals surface area contributed by atoms with Crippen molar-refractivity contribution in [3.8, 4) is 0 Å². The molecule has 120 valence electrons. The Balaban J connectivity index is 2.27. The van der Waals surface area contributed by atoms with Gasteiger partial charge in [-0.05, 0) is 12.8 Å². The second-order valence-electron chi connectivity index (χ2n) is 4.74. The van der Waals surface area contributed by atoms with Crippen LogP contribution in [0.2, 0.25) is 0 Å². The third kappa shape index (κ3) is 3.97. The van der Waals surface area contributed by atoms with Gasteiger partial charge in [-0.15, -0.1) is 10.2 Å². The number of carbonyl (C=O) groups is 1. The molecule has 0 amide bonds. The van der Waals surface area contributed by atoms with Crippen molar-refractivity contribution in [3.05, 3.63) is 23.8 Å². The number of unbranched alkanes of at least 4 members (excludes halogenated alkanes) is 3. The van der Waals surface area contributed by atoms with Crippen molar-refractivity contribution in [3.63, 3.8) is 0 Å². The number of aryl methyl sites for hydroxylation is 1. The normalized spacial score (nSPS) is 11.8.